The molecule has 1 aliphatic rings. The van der Waals surface area contributed by atoms with Crippen LogP contribution < -0.4 is 11.1 Å². The Balaban J connectivity index is 0.00000220. The van der Waals surface area contributed by atoms with E-state index in [1.54, 1.807) is 0 Å². The zero-order chi connectivity index (χ0) is 14.9. The van der Waals surface area contributed by atoms with Crippen LogP contribution in [0.25, 0.3) is 0 Å². The summed E-state index contributed by atoms with van der Waals surface area (Å²) in [6.45, 7) is 1.63. The van der Waals surface area contributed by atoms with Crippen LogP contribution in [0.15, 0.2) is 12.1 Å². The lowest BCUT2D eigenvalue weighted by molar-refractivity contribution is -0.385. The smallest absolute Gasteiger partial charge is 0.285 e. The number of nitrogens with one attached hydrogen (secondary N) is 1. The van der Waals surface area contributed by atoms with Gasteiger partial charge in [0.1, 0.15) is 11.4 Å². The minimum Gasteiger partial charge on any atom is -0.350 e. The largest absolute Gasteiger partial charge is 0.350 e. The summed E-state index contributed by atoms with van der Waals surface area (Å²) in [5.74, 6) is -0.945. The number of benzene rings is 1. The highest BCUT2D eigenvalue weighted by atomic mass is 35.5. The molecule has 1 atom stereocenters. The maximum Gasteiger partial charge on any atom is 0.285 e. The second kappa shape index (κ2) is 6.82. The van der Waals surface area contributed by atoms with Crippen LogP contribution in [-0.4, -0.2) is 23.4 Å². The molecule has 1 aromatic carbocycles. The SMILES string of the molecule is Cc1cc(F)cc(C(=O)NCC(N)C2CC2)c1[N+](=O)[O-].Cl. The average molecular weight is 318 g/mol. The topological polar surface area (TPSA) is 98.3 Å². The predicted molar refractivity (Wildman–Crippen MR) is 78.1 cm³/mol. The first-order valence-electron chi connectivity index (χ1n) is 6.38. The summed E-state index contributed by atoms with van der Waals surface area (Å²) >= 11 is 0. The summed E-state index contributed by atoms with van der Waals surface area (Å²) in [5, 5.41) is 13.5. The van der Waals surface area contributed by atoms with Crippen molar-refractivity contribution in [1.82, 2.24) is 5.32 Å². The predicted octanol–water partition coefficient (Wildman–Crippen LogP) is 1.93. The lowest BCUT2D eigenvalue weighted by Crippen LogP contribution is -2.38. The molecule has 6 nitrogen and oxygen atoms in total. The quantitative estimate of drug-likeness (QED) is 0.640. The zero-order valence-corrected chi connectivity index (χ0v) is 12.3. The zero-order valence-electron chi connectivity index (χ0n) is 11.5. The van der Waals surface area contributed by atoms with E-state index < -0.39 is 16.6 Å². The van der Waals surface area contributed by atoms with Crippen LogP contribution in [0.1, 0.15) is 28.8 Å². The molecule has 1 fully saturated rings. The van der Waals surface area contributed by atoms with E-state index in [0.29, 0.717) is 5.92 Å². The van der Waals surface area contributed by atoms with Crippen molar-refractivity contribution in [3.05, 3.63) is 39.2 Å². The number of nitro benzene ring substituents is 1. The number of nitrogens with two attached hydrogens (primary N) is 1. The van der Waals surface area contributed by atoms with E-state index in [0.717, 1.165) is 25.0 Å². The minimum absolute atomic E-state index is 0. The molecule has 0 aliphatic heterocycles. The van der Waals surface area contributed by atoms with Gasteiger partial charge in [-0.1, -0.05) is 0 Å². The van der Waals surface area contributed by atoms with Gasteiger partial charge in [-0.05, 0) is 37.8 Å². The molecular weight excluding hydrogens is 301 g/mol. The molecule has 1 amide bonds. The molecule has 8 heteroatoms. The molecule has 1 unspecified atom stereocenters. The second-order valence-electron chi connectivity index (χ2n) is 5.09. The number of nitro groups is 1. The molecule has 0 bridgehead atoms. The van der Waals surface area contributed by atoms with Crippen molar-refractivity contribution >= 4 is 24.0 Å². The Bertz CT molecular complexity index is 564. The van der Waals surface area contributed by atoms with Gasteiger partial charge < -0.3 is 11.1 Å². The summed E-state index contributed by atoms with van der Waals surface area (Å²) in [5.41, 5.74) is 5.32. The molecule has 0 aromatic heterocycles. The van der Waals surface area contributed by atoms with Gasteiger partial charge in [0.15, 0.2) is 0 Å². The van der Waals surface area contributed by atoms with Crippen LogP contribution >= 0.6 is 12.4 Å². The number of rotatable bonds is 5. The second-order valence-corrected chi connectivity index (χ2v) is 5.09. The van der Waals surface area contributed by atoms with Crippen molar-refractivity contribution in [2.24, 2.45) is 11.7 Å². The van der Waals surface area contributed by atoms with Gasteiger partial charge in [-0.15, -0.1) is 12.4 Å². The van der Waals surface area contributed by atoms with Crippen LogP contribution in [0, 0.1) is 28.8 Å². The third-order valence-corrected chi connectivity index (χ3v) is 3.42. The maximum atomic E-state index is 13.3. The third kappa shape index (κ3) is 4.12. The van der Waals surface area contributed by atoms with E-state index in [1.807, 2.05) is 0 Å². The fourth-order valence-electron chi connectivity index (χ4n) is 2.15. The first-order chi connectivity index (χ1) is 9.40. The van der Waals surface area contributed by atoms with Crippen LogP contribution in [0.3, 0.4) is 0 Å². The van der Waals surface area contributed by atoms with Crippen molar-refractivity contribution in [3.8, 4) is 0 Å². The summed E-state index contributed by atoms with van der Waals surface area (Å²) in [7, 11) is 0. The molecule has 0 spiro atoms. The van der Waals surface area contributed by atoms with Gasteiger partial charge in [-0.3, -0.25) is 14.9 Å². The highest BCUT2D eigenvalue weighted by Crippen LogP contribution is 2.31. The Morgan fingerprint density at radius 1 is 1.57 bits per heavy atom. The van der Waals surface area contributed by atoms with E-state index in [4.69, 9.17) is 5.73 Å². The van der Waals surface area contributed by atoms with Gasteiger partial charge in [-0.2, -0.15) is 0 Å². The van der Waals surface area contributed by atoms with Crippen LogP contribution in [0.5, 0.6) is 0 Å². The van der Waals surface area contributed by atoms with E-state index in [9.17, 15) is 19.3 Å². The van der Waals surface area contributed by atoms with Crippen molar-refractivity contribution in [2.45, 2.75) is 25.8 Å². The highest BCUT2D eigenvalue weighted by molar-refractivity contribution is 5.98. The molecule has 1 aliphatic carbocycles. The Morgan fingerprint density at radius 2 is 2.19 bits per heavy atom. The number of carbonyl (C=O) groups excluding carboxylic acids is 1. The Kier molecular flexibility index (Phi) is 5.62. The number of aryl methyl sites for hydroxylation is 1. The maximum absolute atomic E-state index is 13.3. The molecule has 0 heterocycles. The summed E-state index contributed by atoms with van der Waals surface area (Å²) in [6, 6.07) is 1.75. The molecule has 0 radical (unpaired) electrons. The summed E-state index contributed by atoms with van der Waals surface area (Å²) in [4.78, 5) is 22.3. The van der Waals surface area contributed by atoms with Crippen molar-refractivity contribution < 1.29 is 14.1 Å². The van der Waals surface area contributed by atoms with E-state index in [2.05, 4.69) is 5.32 Å². The van der Waals surface area contributed by atoms with Gasteiger partial charge in [0, 0.05) is 18.2 Å². The van der Waals surface area contributed by atoms with Crippen molar-refractivity contribution in [1.29, 1.82) is 0 Å². The van der Waals surface area contributed by atoms with Gasteiger partial charge in [-0.25, -0.2) is 4.39 Å². The third-order valence-electron chi connectivity index (χ3n) is 3.42. The minimum atomic E-state index is -0.676. The Labute approximate surface area is 127 Å². The molecule has 116 valence electrons. The number of hydrogen-bond donors (Lipinski definition) is 2. The molecule has 2 rings (SSSR count). The van der Waals surface area contributed by atoms with E-state index >= 15 is 0 Å². The fraction of sp³-hybridized carbons (Fsp3) is 0.462. The lowest BCUT2D eigenvalue weighted by atomic mass is 10.1. The Morgan fingerprint density at radius 3 is 2.71 bits per heavy atom. The van der Waals surface area contributed by atoms with Gasteiger partial charge in [0.2, 0.25) is 0 Å². The summed E-state index contributed by atoms with van der Waals surface area (Å²) in [6.07, 6.45) is 2.08. The fourth-order valence-corrected chi connectivity index (χ4v) is 2.15. The standard InChI is InChI=1S/C13H16FN3O3.ClH/c1-7-4-9(14)5-10(12(7)17(19)20)13(18)16-6-11(15)8-2-3-8;/h4-5,8,11H,2-3,6,15H2,1H3,(H,16,18);1H. The lowest BCUT2D eigenvalue weighted by Gasteiger charge is -2.12. The molecule has 3 N–H and O–H groups in total. The first kappa shape index (κ1) is 17.3. The van der Waals surface area contributed by atoms with Crippen LogP contribution in [0.2, 0.25) is 0 Å². The normalized spacial score (nSPS) is 15.0. The van der Waals surface area contributed by atoms with Gasteiger partial charge in [0.05, 0.1) is 4.92 Å². The molecule has 0 saturated heterocycles. The molecule has 1 saturated carbocycles. The molecular formula is C13H17ClFN3O3. The average Bonchev–Trinajstić information content (AvgIpc) is 3.17. The number of halogens is 2. The van der Waals surface area contributed by atoms with Crippen LogP contribution in [0.4, 0.5) is 10.1 Å². The van der Waals surface area contributed by atoms with E-state index in [-0.39, 0.29) is 41.8 Å². The molecule has 1 aromatic rings. The van der Waals surface area contributed by atoms with Crippen molar-refractivity contribution in [3.63, 3.8) is 0 Å². The highest BCUT2D eigenvalue weighted by Gasteiger charge is 2.29. The number of carbonyl (C=O) groups is 1. The first-order valence-corrected chi connectivity index (χ1v) is 6.38. The monoisotopic (exact) mass is 317 g/mol. The van der Waals surface area contributed by atoms with Crippen LogP contribution in [-0.2, 0) is 0 Å². The van der Waals surface area contributed by atoms with Gasteiger partial charge >= 0.3 is 0 Å². The Hall–Kier alpha value is -1.73. The number of hydrogen-bond acceptors (Lipinski definition) is 4. The number of amides is 1. The van der Waals surface area contributed by atoms with E-state index in [1.165, 1.54) is 6.92 Å². The van der Waals surface area contributed by atoms with Crippen molar-refractivity contribution in [2.75, 3.05) is 6.54 Å². The number of nitrogens with zero attached hydrogens (tertiary/aromatic N) is 1. The summed E-state index contributed by atoms with van der Waals surface area (Å²) < 4.78 is 13.3. The molecule has 21 heavy (non-hydrogen) atoms. The van der Waals surface area contributed by atoms with Gasteiger partial charge in [0.25, 0.3) is 11.6 Å².